The van der Waals surface area contributed by atoms with E-state index in [1.54, 1.807) is 67.0 Å². The monoisotopic (exact) mass is 369 g/mol. The van der Waals surface area contributed by atoms with Gasteiger partial charge < -0.3 is 0 Å². The van der Waals surface area contributed by atoms with E-state index in [0.29, 0.717) is 22.4 Å². The molecule has 0 spiro atoms. The second-order valence-electron chi connectivity index (χ2n) is 6.03. The third-order valence-electron chi connectivity index (χ3n) is 4.33. The molecule has 0 amide bonds. The fourth-order valence-electron chi connectivity index (χ4n) is 3.00. The predicted molar refractivity (Wildman–Crippen MR) is 97.1 cm³/mol. The first-order valence-electron chi connectivity index (χ1n) is 8.38. The van der Waals surface area contributed by atoms with Crippen LogP contribution in [0, 0.1) is 0 Å². The summed E-state index contributed by atoms with van der Waals surface area (Å²) < 4.78 is 2.88. The summed E-state index contributed by atoms with van der Waals surface area (Å²) in [4.78, 5) is 30.2. The topological polar surface area (TPSA) is 107 Å². The SMILES string of the molecule is O=C(c1cccc(C(=O)c2cccc3cnnn23)n1)c1cccc2cnnn12. The molecule has 134 valence electrons. The van der Waals surface area contributed by atoms with Gasteiger partial charge in [0.2, 0.25) is 11.6 Å². The first-order valence-corrected chi connectivity index (χ1v) is 8.38. The van der Waals surface area contributed by atoms with Gasteiger partial charge >= 0.3 is 0 Å². The van der Waals surface area contributed by atoms with Gasteiger partial charge in [-0.2, -0.15) is 0 Å². The van der Waals surface area contributed by atoms with Crippen molar-refractivity contribution in [1.29, 1.82) is 0 Å². The quantitative estimate of drug-likeness (QED) is 0.443. The third kappa shape index (κ3) is 2.45. The molecule has 0 fully saturated rings. The van der Waals surface area contributed by atoms with Gasteiger partial charge in [0, 0.05) is 0 Å². The molecule has 0 aromatic carbocycles. The van der Waals surface area contributed by atoms with Crippen LogP contribution in [0.15, 0.2) is 67.0 Å². The Morgan fingerprint density at radius 2 is 1.11 bits per heavy atom. The van der Waals surface area contributed by atoms with Gasteiger partial charge in [-0.15, -0.1) is 10.2 Å². The second-order valence-corrected chi connectivity index (χ2v) is 6.03. The average molecular weight is 369 g/mol. The first-order chi connectivity index (χ1) is 13.7. The number of aromatic nitrogens is 7. The van der Waals surface area contributed by atoms with Crippen LogP contribution < -0.4 is 0 Å². The van der Waals surface area contributed by atoms with Crippen LogP contribution in [0.1, 0.15) is 32.4 Å². The van der Waals surface area contributed by atoms with E-state index in [1.165, 1.54) is 9.03 Å². The van der Waals surface area contributed by atoms with Crippen molar-refractivity contribution in [1.82, 2.24) is 34.6 Å². The summed E-state index contributed by atoms with van der Waals surface area (Å²) in [6.45, 7) is 0. The molecule has 0 aliphatic rings. The van der Waals surface area contributed by atoms with E-state index < -0.39 is 0 Å². The van der Waals surface area contributed by atoms with Gasteiger partial charge in [0.05, 0.1) is 23.4 Å². The van der Waals surface area contributed by atoms with Crippen LogP contribution in [0.4, 0.5) is 0 Å². The molecule has 0 N–H and O–H groups in total. The minimum absolute atomic E-state index is 0.139. The highest BCUT2D eigenvalue weighted by atomic mass is 16.1. The van der Waals surface area contributed by atoms with Gasteiger partial charge in [-0.25, -0.2) is 14.0 Å². The van der Waals surface area contributed by atoms with Crippen molar-refractivity contribution in [2.75, 3.05) is 0 Å². The van der Waals surface area contributed by atoms with Gasteiger partial charge in [-0.05, 0) is 36.4 Å². The van der Waals surface area contributed by atoms with E-state index in [0.717, 1.165) is 0 Å². The molecule has 0 aliphatic carbocycles. The minimum atomic E-state index is -0.357. The summed E-state index contributed by atoms with van der Waals surface area (Å²) in [5, 5.41) is 15.5. The predicted octanol–water partition coefficient (Wildman–Crippen LogP) is 1.63. The number of hydrogen-bond acceptors (Lipinski definition) is 7. The molecule has 9 heteroatoms. The maximum absolute atomic E-state index is 13.0. The molecule has 5 heterocycles. The van der Waals surface area contributed by atoms with Crippen molar-refractivity contribution in [3.63, 3.8) is 0 Å². The maximum Gasteiger partial charge on any atom is 0.229 e. The Kier molecular flexibility index (Phi) is 3.51. The van der Waals surface area contributed by atoms with Gasteiger partial charge in [-0.1, -0.05) is 28.6 Å². The van der Waals surface area contributed by atoms with Crippen molar-refractivity contribution in [3.8, 4) is 0 Å². The van der Waals surface area contributed by atoms with Gasteiger partial charge in [0.15, 0.2) is 0 Å². The smallest absolute Gasteiger partial charge is 0.229 e. The number of fused-ring (bicyclic) bond motifs is 2. The van der Waals surface area contributed by atoms with Crippen molar-refractivity contribution >= 4 is 22.6 Å². The van der Waals surface area contributed by atoms with Crippen LogP contribution in [0.25, 0.3) is 11.0 Å². The fourth-order valence-corrected chi connectivity index (χ4v) is 3.00. The number of rotatable bonds is 4. The van der Waals surface area contributed by atoms with Crippen LogP contribution in [0.5, 0.6) is 0 Å². The van der Waals surface area contributed by atoms with Crippen molar-refractivity contribution in [2.45, 2.75) is 0 Å². The zero-order chi connectivity index (χ0) is 19.1. The van der Waals surface area contributed by atoms with E-state index in [4.69, 9.17) is 0 Å². The summed E-state index contributed by atoms with van der Waals surface area (Å²) in [5.41, 5.74) is 2.28. The number of carbonyl (C=O) groups excluding carboxylic acids is 2. The highest BCUT2D eigenvalue weighted by Gasteiger charge is 2.19. The molecule has 0 aliphatic heterocycles. The summed E-state index contributed by atoms with van der Waals surface area (Å²) in [6, 6.07) is 15.1. The van der Waals surface area contributed by atoms with Gasteiger partial charge in [0.1, 0.15) is 22.8 Å². The molecule has 5 rings (SSSR count). The lowest BCUT2D eigenvalue weighted by molar-refractivity contribution is 0.102. The number of ketones is 2. The minimum Gasteiger partial charge on any atom is -0.285 e. The lowest BCUT2D eigenvalue weighted by atomic mass is 10.1. The van der Waals surface area contributed by atoms with E-state index in [9.17, 15) is 9.59 Å². The Morgan fingerprint density at radius 3 is 1.61 bits per heavy atom. The van der Waals surface area contributed by atoms with Crippen LogP contribution in [-0.4, -0.2) is 46.2 Å². The number of nitrogens with zero attached hydrogens (tertiary/aromatic N) is 7. The highest BCUT2D eigenvalue weighted by Crippen LogP contribution is 2.14. The normalized spacial score (nSPS) is 11.1. The number of carbonyl (C=O) groups is 2. The Balaban J connectivity index is 1.56. The van der Waals surface area contributed by atoms with E-state index in [-0.39, 0.29) is 23.0 Å². The highest BCUT2D eigenvalue weighted by molar-refractivity contribution is 6.10. The first kappa shape index (κ1) is 15.9. The lowest BCUT2D eigenvalue weighted by Gasteiger charge is -2.06. The van der Waals surface area contributed by atoms with Crippen LogP contribution in [0.3, 0.4) is 0 Å². The molecule has 0 radical (unpaired) electrons. The van der Waals surface area contributed by atoms with Gasteiger partial charge in [-0.3, -0.25) is 9.59 Å². The molecule has 9 nitrogen and oxygen atoms in total. The summed E-state index contributed by atoms with van der Waals surface area (Å²) in [6.07, 6.45) is 3.12. The fraction of sp³-hybridized carbons (Fsp3) is 0. The molecule has 0 bridgehead atoms. The molecule has 0 unspecified atom stereocenters. The van der Waals surface area contributed by atoms with Crippen LogP contribution in [-0.2, 0) is 0 Å². The molecular weight excluding hydrogens is 358 g/mol. The summed E-state index contributed by atoms with van der Waals surface area (Å²) in [7, 11) is 0. The standard InChI is InChI=1S/C19H11N7O2/c27-18(16-8-1-4-12-10-20-23-25(12)16)14-6-3-7-15(22-14)19(28)17-9-2-5-13-11-21-24-26(13)17/h1-11H. The Hall–Kier alpha value is -4.27. The van der Waals surface area contributed by atoms with Crippen molar-refractivity contribution in [3.05, 3.63) is 89.8 Å². The largest absolute Gasteiger partial charge is 0.285 e. The third-order valence-corrected chi connectivity index (χ3v) is 4.33. The molecule has 0 atom stereocenters. The second kappa shape index (κ2) is 6.16. The average Bonchev–Trinajstić information content (AvgIpc) is 3.41. The van der Waals surface area contributed by atoms with Crippen molar-refractivity contribution < 1.29 is 9.59 Å². The Bertz CT molecular complexity index is 1270. The van der Waals surface area contributed by atoms with Gasteiger partial charge in [0.25, 0.3) is 0 Å². The molecule has 0 saturated heterocycles. The molecule has 28 heavy (non-hydrogen) atoms. The number of pyridine rings is 3. The zero-order valence-electron chi connectivity index (χ0n) is 14.3. The maximum atomic E-state index is 13.0. The summed E-state index contributed by atoms with van der Waals surface area (Å²) >= 11 is 0. The zero-order valence-corrected chi connectivity index (χ0v) is 14.3. The van der Waals surface area contributed by atoms with E-state index >= 15 is 0 Å². The van der Waals surface area contributed by atoms with Crippen LogP contribution >= 0.6 is 0 Å². The number of hydrogen-bond donors (Lipinski definition) is 0. The molecule has 0 saturated carbocycles. The van der Waals surface area contributed by atoms with E-state index in [1.807, 2.05) is 0 Å². The molecule has 5 aromatic heterocycles. The molecular formula is C19H11N7O2. The summed E-state index contributed by atoms with van der Waals surface area (Å²) in [5.74, 6) is -0.713. The van der Waals surface area contributed by atoms with E-state index in [2.05, 4.69) is 25.6 Å². The molecule has 5 aromatic rings. The lowest BCUT2D eigenvalue weighted by Crippen LogP contribution is -2.14. The Morgan fingerprint density at radius 1 is 0.643 bits per heavy atom. The van der Waals surface area contributed by atoms with Crippen LogP contribution in [0.2, 0.25) is 0 Å². The van der Waals surface area contributed by atoms with Crippen molar-refractivity contribution in [2.24, 2.45) is 0 Å². The Labute approximate surface area is 157 Å².